The molecule has 5 nitrogen and oxygen atoms in total. The van der Waals surface area contributed by atoms with E-state index in [4.69, 9.17) is 9.15 Å². The third-order valence-electron chi connectivity index (χ3n) is 5.85. The summed E-state index contributed by atoms with van der Waals surface area (Å²) in [5.74, 6) is -1.98. The number of phenols is 1. The Morgan fingerprint density at radius 3 is 2.41 bits per heavy atom. The van der Waals surface area contributed by atoms with Crippen molar-refractivity contribution in [2.75, 3.05) is 13.1 Å². The summed E-state index contributed by atoms with van der Waals surface area (Å²) in [6.45, 7) is 5.67. The van der Waals surface area contributed by atoms with Crippen LogP contribution in [-0.4, -0.2) is 23.1 Å². The van der Waals surface area contributed by atoms with Gasteiger partial charge in [-0.15, -0.1) is 0 Å². The van der Waals surface area contributed by atoms with E-state index in [0.29, 0.717) is 5.92 Å². The molecule has 2 heterocycles. The van der Waals surface area contributed by atoms with E-state index in [0.717, 1.165) is 31.5 Å². The summed E-state index contributed by atoms with van der Waals surface area (Å²) in [6.07, 6.45) is -3.05. The lowest BCUT2D eigenvalue weighted by molar-refractivity contribution is -0.154. The molecular formula is C24H24F3NO4. The van der Waals surface area contributed by atoms with E-state index < -0.39 is 23.1 Å². The molecule has 0 atom stereocenters. The predicted octanol–water partition coefficient (Wildman–Crippen LogP) is 5.85. The Bertz CT molecular complexity index is 1180. The number of ether oxygens (including phenoxy) is 1. The molecule has 170 valence electrons. The van der Waals surface area contributed by atoms with Crippen molar-refractivity contribution in [3.8, 4) is 17.2 Å². The van der Waals surface area contributed by atoms with Crippen LogP contribution in [-0.2, 0) is 12.7 Å². The number of likely N-dealkylation sites (tertiary alicyclic amines) is 1. The molecule has 1 N–H and O–H groups in total. The largest absolute Gasteiger partial charge is 0.507 e. The quantitative estimate of drug-likeness (QED) is 0.544. The van der Waals surface area contributed by atoms with Gasteiger partial charge in [-0.05, 0) is 63.0 Å². The first-order valence-corrected chi connectivity index (χ1v) is 10.5. The molecular weight excluding hydrogens is 423 g/mol. The Kier molecular flexibility index (Phi) is 5.90. The van der Waals surface area contributed by atoms with Crippen molar-refractivity contribution in [3.63, 3.8) is 0 Å². The highest BCUT2D eigenvalue weighted by Gasteiger charge is 2.41. The topological polar surface area (TPSA) is 62.9 Å². The number of aromatic hydroxyl groups is 1. The van der Waals surface area contributed by atoms with Gasteiger partial charge in [0.05, 0.1) is 10.9 Å². The first kappa shape index (κ1) is 22.2. The number of fused-ring (bicyclic) bond motifs is 1. The van der Waals surface area contributed by atoms with Gasteiger partial charge in [0.15, 0.2) is 0 Å². The lowest BCUT2D eigenvalue weighted by Gasteiger charge is -2.30. The van der Waals surface area contributed by atoms with Crippen LogP contribution in [0.15, 0.2) is 45.6 Å². The number of halogens is 3. The van der Waals surface area contributed by atoms with Crippen molar-refractivity contribution in [3.05, 3.63) is 63.5 Å². The molecule has 0 bridgehead atoms. The van der Waals surface area contributed by atoms with E-state index in [2.05, 4.69) is 6.92 Å². The Morgan fingerprint density at radius 1 is 1.12 bits per heavy atom. The molecule has 4 rings (SSSR count). The SMILES string of the molecule is Cc1ccc(Oc2c(C(F)(F)F)oc3c(CN4CCC(C)CC4)c(O)ccc3c2=O)cc1. The number of rotatable bonds is 4. The maximum Gasteiger partial charge on any atom is 0.453 e. The highest BCUT2D eigenvalue weighted by molar-refractivity contribution is 5.83. The van der Waals surface area contributed by atoms with E-state index in [-0.39, 0.29) is 34.6 Å². The minimum absolute atomic E-state index is 0.0710. The Morgan fingerprint density at radius 2 is 1.78 bits per heavy atom. The van der Waals surface area contributed by atoms with E-state index in [9.17, 15) is 23.1 Å². The molecule has 32 heavy (non-hydrogen) atoms. The molecule has 1 fully saturated rings. The zero-order chi connectivity index (χ0) is 23.0. The average Bonchev–Trinajstić information content (AvgIpc) is 2.74. The number of benzene rings is 2. The number of hydrogen-bond donors (Lipinski definition) is 1. The molecule has 0 radical (unpaired) electrons. The summed E-state index contributed by atoms with van der Waals surface area (Å²) >= 11 is 0. The van der Waals surface area contributed by atoms with Gasteiger partial charge in [0.2, 0.25) is 11.2 Å². The summed E-state index contributed by atoms with van der Waals surface area (Å²) in [7, 11) is 0. The van der Waals surface area contributed by atoms with Crippen molar-refractivity contribution in [1.82, 2.24) is 4.90 Å². The predicted molar refractivity (Wildman–Crippen MR) is 114 cm³/mol. The van der Waals surface area contributed by atoms with Crippen molar-refractivity contribution >= 4 is 11.0 Å². The van der Waals surface area contributed by atoms with Crippen LogP contribution in [0.1, 0.15) is 36.7 Å². The third kappa shape index (κ3) is 4.46. The normalized spacial score (nSPS) is 15.9. The molecule has 1 aliphatic heterocycles. The standard InChI is InChI=1S/C24H24F3NO4/c1-14-3-5-16(6-4-14)31-22-20(30)17-7-8-19(29)18(13-28-11-9-15(2)10-12-28)21(17)32-23(22)24(25,26)27/h3-8,15,29H,9-13H2,1-2H3. The van der Waals surface area contributed by atoms with Crippen LogP contribution in [0.4, 0.5) is 13.2 Å². The monoisotopic (exact) mass is 447 g/mol. The lowest BCUT2D eigenvalue weighted by Crippen LogP contribution is -2.32. The summed E-state index contributed by atoms with van der Waals surface area (Å²) in [5.41, 5.74) is -0.141. The maximum absolute atomic E-state index is 13.9. The van der Waals surface area contributed by atoms with Gasteiger partial charge in [0.25, 0.3) is 5.76 Å². The van der Waals surface area contributed by atoms with Crippen LogP contribution in [0.5, 0.6) is 17.2 Å². The fraction of sp³-hybridized carbons (Fsp3) is 0.375. The molecule has 0 aliphatic carbocycles. The number of alkyl halides is 3. The molecule has 1 aromatic heterocycles. The van der Waals surface area contributed by atoms with E-state index in [1.165, 1.54) is 24.3 Å². The second-order valence-corrected chi connectivity index (χ2v) is 8.40. The summed E-state index contributed by atoms with van der Waals surface area (Å²) in [6, 6.07) is 8.88. The first-order chi connectivity index (χ1) is 15.1. The van der Waals surface area contributed by atoms with Gasteiger partial charge in [0, 0.05) is 6.54 Å². The summed E-state index contributed by atoms with van der Waals surface area (Å²) < 4.78 is 52.2. The number of phenolic OH excluding ortho intramolecular Hbond substituents is 1. The van der Waals surface area contributed by atoms with Gasteiger partial charge in [-0.25, -0.2) is 0 Å². The summed E-state index contributed by atoms with van der Waals surface area (Å²) in [5, 5.41) is 10.3. The molecule has 0 spiro atoms. The molecule has 2 aromatic carbocycles. The zero-order valence-corrected chi connectivity index (χ0v) is 17.8. The highest BCUT2D eigenvalue weighted by Crippen LogP contribution is 2.40. The molecule has 0 amide bonds. The van der Waals surface area contributed by atoms with Crippen molar-refractivity contribution < 1.29 is 27.4 Å². The number of nitrogens with zero attached hydrogens (tertiary/aromatic N) is 1. The van der Waals surface area contributed by atoms with Crippen LogP contribution in [0.2, 0.25) is 0 Å². The molecule has 1 aliphatic rings. The third-order valence-corrected chi connectivity index (χ3v) is 5.85. The van der Waals surface area contributed by atoms with Crippen molar-refractivity contribution in [1.29, 1.82) is 0 Å². The van der Waals surface area contributed by atoms with E-state index in [1.807, 2.05) is 11.8 Å². The fourth-order valence-corrected chi connectivity index (χ4v) is 3.89. The van der Waals surface area contributed by atoms with Gasteiger partial charge in [-0.3, -0.25) is 9.69 Å². The van der Waals surface area contributed by atoms with Gasteiger partial charge in [-0.2, -0.15) is 13.2 Å². The highest BCUT2D eigenvalue weighted by atomic mass is 19.4. The maximum atomic E-state index is 13.9. The molecule has 0 saturated carbocycles. The summed E-state index contributed by atoms with van der Waals surface area (Å²) in [4.78, 5) is 15.1. The first-order valence-electron chi connectivity index (χ1n) is 10.5. The molecule has 1 saturated heterocycles. The van der Waals surface area contributed by atoms with Crippen LogP contribution in [0, 0.1) is 12.8 Å². The Labute approximate surface area is 183 Å². The van der Waals surface area contributed by atoms with Crippen LogP contribution < -0.4 is 10.2 Å². The van der Waals surface area contributed by atoms with Crippen LogP contribution in [0.25, 0.3) is 11.0 Å². The molecule has 0 unspecified atom stereocenters. The van der Waals surface area contributed by atoms with Gasteiger partial charge in [0.1, 0.15) is 17.1 Å². The minimum Gasteiger partial charge on any atom is -0.507 e. The second-order valence-electron chi connectivity index (χ2n) is 8.40. The number of aryl methyl sites for hydroxylation is 1. The van der Waals surface area contributed by atoms with E-state index in [1.54, 1.807) is 12.1 Å². The van der Waals surface area contributed by atoms with Gasteiger partial charge < -0.3 is 14.3 Å². The Hall–Kier alpha value is -3.00. The van der Waals surface area contributed by atoms with E-state index >= 15 is 0 Å². The van der Waals surface area contributed by atoms with Crippen molar-refractivity contribution in [2.24, 2.45) is 5.92 Å². The number of piperidine rings is 1. The second kappa shape index (κ2) is 8.50. The average molecular weight is 447 g/mol. The van der Waals surface area contributed by atoms with Crippen LogP contribution in [0.3, 0.4) is 0 Å². The van der Waals surface area contributed by atoms with Crippen LogP contribution >= 0.6 is 0 Å². The fourth-order valence-electron chi connectivity index (χ4n) is 3.89. The lowest BCUT2D eigenvalue weighted by atomic mass is 9.98. The molecule has 8 heteroatoms. The zero-order valence-electron chi connectivity index (χ0n) is 17.8. The minimum atomic E-state index is -4.96. The van der Waals surface area contributed by atoms with Gasteiger partial charge in [-0.1, -0.05) is 24.6 Å². The molecule has 3 aromatic rings. The Balaban J connectivity index is 1.83. The number of hydrogen-bond acceptors (Lipinski definition) is 5. The van der Waals surface area contributed by atoms with Gasteiger partial charge >= 0.3 is 6.18 Å². The van der Waals surface area contributed by atoms with Crippen molar-refractivity contribution in [2.45, 2.75) is 39.4 Å². The smallest absolute Gasteiger partial charge is 0.453 e.